The number of aryl methyl sites for hydroxylation is 1. The molecule has 1 saturated heterocycles. The van der Waals surface area contributed by atoms with Crippen LogP contribution >= 0.6 is 0 Å². The van der Waals surface area contributed by atoms with Crippen LogP contribution in [0.5, 0.6) is 0 Å². The van der Waals surface area contributed by atoms with Gasteiger partial charge in [0, 0.05) is 39.1 Å². The maximum atomic E-state index is 11.9. The predicted molar refractivity (Wildman–Crippen MR) is 63.8 cm³/mol. The number of hydrogen-bond donors (Lipinski definition) is 1. The third-order valence-electron chi connectivity index (χ3n) is 3.15. The van der Waals surface area contributed by atoms with Crippen LogP contribution in [-0.4, -0.2) is 35.7 Å². The molecule has 2 heterocycles. The Morgan fingerprint density at radius 1 is 1.62 bits per heavy atom. The second-order valence-electron chi connectivity index (χ2n) is 4.28. The van der Waals surface area contributed by atoms with E-state index in [1.165, 1.54) is 0 Å². The van der Waals surface area contributed by atoms with Gasteiger partial charge in [-0.15, -0.1) is 0 Å². The van der Waals surface area contributed by atoms with Crippen molar-refractivity contribution in [2.75, 3.05) is 25.0 Å². The monoisotopic (exact) mass is 222 g/mol. The average molecular weight is 222 g/mol. The van der Waals surface area contributed by atoms with E-state index in [1.807, 2.05) is 11.9 Å². The molecular formula is C11H18N4O. The highest BCUT2D eigenvalue weighted by molar-refractivity contribution is 5.36. The molecule has 1 unspecified atom stereocenters. The summed E-state index contributed by atoms with van der Waals surface area (Å²) in [5, 5.41) is 3.34. The summed E-state index contributed by atoms with van der Waals surface area (Å²) in [6, 6.07) is 0.372. The lowest BCUT2D eigenvalue weighted by molar-refractivity contribution is 0.442. The number of nitrogens with one attached hydrogen (secondary N) is 1. The highest BCUT2D eigenvalue weighted by atomic mass is 16.1. The minimum atomic E-state index is -0.0319. The van der Waals surface area contributed by atoms with Gasteiger partial charge in [-0.2, -0.15) is 0 Å². The fourth-order valence-corrected chi connectivity index (χ4v) is 2.06. The van der Waals surface area contributed by atoms with Crippen molar-refractivity contribution in [2.45, 2.75) is 18.9 Å². The molecule has 1 fully saturated rings. The van der Waals surface area contributed by atoms with E-state index in [1.54, 1.807) is 24.0 Å². The molecule has 0 aromatic carbocycles. The molecule has 16 heavy (non-hydrogen) atoms. The summed E-state index contributed by atoms with van der Waals surface area (Å²) in [7, 11) is 3.70. The summed E-state index contributed by atoms with van der Waals surface area (Å²) in [6.45, 7) is 2.00. The van der Waals surface area contributed by atoms with E-state index in [4.69, 9.17) is 0 Å². The maximum Gasteiger partial charge on any atom is 0.293 e. The summed E-state index contributed by atoms with van der Waals surface area (Å²) in [4.78, 5) is 18.1. The van der Waals surface area contributed by atoms with Crippen molar-refractivity contribution in [1.82, 2.24) is 14.9 Å². The van der Waals surface area contributed by atoms with Crippen molar-refractivity contribution in [1.29, 1.82) is 0 Å². The zero-order valence-electron chi connectivity index (χ0n) is 9.81. The number of likely N-dealkylation sites (N-methyl/N-ethyl adjacent to an activating group) is 1. The standard InChI is InChI=1S/C11H18N4O/c1-14-7-6-13-10(11(14)16)15(2)9-4-3-5-12-8-9/h6-7,9,12H,3-5,8H2,1-2H3. The molecule has 1 aromatic rings. The lowest BCUT2D eigenvalue weighted by atomic mass is 10.1. The van der Waals surface area contributed by atoms with Gasteiger partial charge in [-0.05, 0) is 19.4 Å². The zero-order valence-corrected chi connectivity index (χ0v) is 9.81. The summed E-state index contributed by atoms with van der Waals surface area (Å²) in [5.74, 6) is 0.540. The molecule has 0 saturated carbocycles. The van der Waals surface area contributed by atoms with Crippen LogP contribution in [-0.2, 0) is 7.05 Å². The normalized spacial score (nSPS) is 20.8. The van der Waals surface area contributed by atoms with E-state index in [0.29, 0.717) is 11.9 Å². The Labute approximate surface area is 95.1 Å². The quantitative estimate of drug-likeness (QED) is 0.763. The van der Waals surface area contributed by atoms with Crippen LogP contribution < -0.4 is 15.8 Å². The highest BCUT2D eigenvalue weighted by Gasteiger charge is 2.20. The first-order valence-electron chi connectivity index (χ1n) is 5.65. The Kier molecular flexibility index (Phi) is 3.24. The fourth-order valence-electron chi connectivity index (χ4n) is 2.06. The van der Waals surface area contributed by atoms with Crippen LogP contribution in [0.15, 0.2) is 17.2 Å². The molecule has 0 spiro atoms. The second-order valence-corrected chi connectivity index (χ2v) is 4.28. The molecule has 0 aliphatic carbocycles. The largest absolute Gasteiger partial charge is 0.351 e. The van der Waals surface area contributed by atoms with Crippen molar-refractivity contribution >= 4 is 5.82 Å². The van der Waals surface area contributed by atoms with Gasteiger partial charge in [0.1, 0.15) is 0 Å². The number of hydrogen-bond acceptors (Lipinski definition) is 4. The van der Waals surface area contributed by atoms with Gasteiger partial charge >= 0.3 is 0 Å². The second kappa shape index (κ2) is 4.65. The molecule has 0 bridgehead atoms. The predicted octanol–water partition coefficient (Wildman–Crippen LogP) is -0.0315. The fraction of sp³-hybridized carbons (Fsp3) is 0.636. The first-order valence-corrected chi connectivity index (χ1v) is 5.65. The van der Waals surface area contributed by atoms with Crippen molar-refractivity contribution in [3.8, 4) is 0 Å². The third-order valence-corrected chi connectivity index (χ3v) is 3.15. The van der Waals surface area contributed by atoms with Gasteiger partial charge in [-0.3, -0.25) is 4.79 Å². The average Bonchev–Trinajstić information content (AvgIpc) is 2.33. The number of rotatable bonds is 2. The van der Waals surface area contributed by atoms with Crippen LogP contribution in [0.2, 0.25) is 0 Å². The van der Waals surface area contributed by atoms with Crippen LogP contribution in [0.1, 0.15) is 12.8 Å². The van der Waals surface area contributed by atoms with Crippen molar-refractivity contribution < 1.29 is 0 Å². The minimum absolute atomic E-state index is 0.0319. The SMILES string of the molecule is CN(c1nccn(C)c1=O)C1CCCNC1. The molecule has 1 aliphatic heterocycles. The van der Waals surface area contributed by atoms with E-state index in [0.717, 1.165) is 25.9 Å². The topological polar surface area (TPSA) is 50.2 Å². The first kappa shape index (κ1) is 11.1. The number of anilines is 1. The molecule has 1 N–H and O–H groups in total. The molecule has 1 atom stereocenters. The maximum absolute atomic E-state index is 11.9. The van der Waals surface area contributed by atoms with Gasteiger partial charge in [-0.1, -0.05) is 0 Å². The van der Waals surface area contributed by atoms with Gasteiger partial charge in [0.15, 0.2) is 5.82 Å². The van der Waals surface area contributed by atoms with E-state index in [2.05, 4.69) is 10.3 Å². The van der Waals surface area contributed by atoms with Crippen LogP contribution in [0, 0.1) is 0 Å². The molecule has 5 heteroatoms. The smallest absolute Gasteiger partial charge is 0.293 e. The Hall–Kier alpha value is -1.36. The minimum Gasteiger partial charge on any atom is -0.351 e. The Morgan fingerprint density at radius 3 is 3.12 bits per heavy atom. The molecule has 0 amide bonds. The molecular weight excluding hydrogens is 204 g/mol. The van der Waals surface area contributed by atoms with Gasteiger partial charge in [0.25, 0.3) is 5.56 Å². The zero-order chi connectivity index (χ0) is 11.5. The molecule has 0 radical (unpaired) electrons. The molecule has 1 aliphatic rings. The van der Waals surface area contributed by atoms with Gasteiger partial charge < -0.3 is 14.8 Å². The van der Waals surface area contributed by atoms with Gasteiger partial charge in [-0.25, -0.2) is 4.98 Å². The van der Waals surface area contributed by atoms with Gasteiger partial charge in [0.2, 0.25) is 0 Å². The lowest BCUT2D eigenvalue weighted by Gasteiger charge is -2.32. The summed E-state index contributed by atoms with van der Waals surface area (Å²) < 4.78 is 1.56. The Bertz CT molecular complexity index is 409. The number of nitrogens with zero attached hydrogens (tertiary/aromatic N) is 3. The van der Waals surface area contributed by atoms with Crippen molar-refractivity contribution in [3.05, 3.63) is 22.7 Å². The highest BCUT2D eigenvalue weighted by Crippen LogP contribution is 2.12. The van der Waals surface area contributed by atoms with Crippen molar-refractivity contribution in [3.63, 3.8) is 0 Å². The third kappa shape index (κ3) is 2.09. The summed E-state index contributed by atoms with van der Waals surface area (Å²) in [6.07, 6.45) is 5.62. The van der Waals surface area contributed by atoms with Crippen molar-refractivity contribution in [2.24, 2.45) is 7.05 Å². The summed E-state index contributed by atoms with van der Waals surface area (Å²) in [5.41, 5.74) is -0.0319. The Balaban J connectivity index is 2.22. The number of piperidine rings is 1. The summed E-state index contributed by atoms with van der Waals surface area (Å²) >= 11 is 0. The lowest BCUT2D eigenvalue weighted by Crippen LogP contribution is -2.46. The van der Waals surface area contributed by atoms with Crippen LogP contribution in [0.3, 0.4) is 0 Å². The molecule has 1 aromatic heterocycles. The number of aromatic nitrogens is 2. The molecule has 88 valence electrons. The molecule has 2 rings (SSSR count). The van der Waals surface area contributed by atoms with E-state index >= 15 is 0 Å². The van der Waals surface area contributed by atoms with Gasteiger partial charge in [0.05, 0.1) is 0 Å². The van der Waals surface area contributed by atoms with Crippen LogP contribution in [0.4, 0.5) is 5.82 Å². The van der Waals surface area contributed by atoms with Crippen LogP contribution in [0.25, 0.3) is 0 Å². The molecule has 5 nitrogen and oxygen atoms in total. The van der Waals surface area contributed by atoms with E-state index < -0.39 is 0 Å². The van der Waals surface area contributed by atoms with E-state index in [9.17, 15) is 4.79 Å². The first-order chi connectivity index (χ1) is 7.70. The Morgan fingerprint density at radius 2 is 2.44 bits per heavy atom. The van der Waals surface area contributed by atoms with E-state index in [-0.39, 0.29) is 5.56 Å².